The maximum absolute atomic E-state index is 13.4. The van der Waals surface area contributed by atoms with Gasteiger partial charge in [0.05, 0.1) is 5.56 Å². The molecule has 4 rings (SSSR count). The van der Waals surface area contributed by atoms with Crippen molar-refractivity contribution in [3.63, 3.8) is 0 Å². The number of carbonyl (C=O) groups is 1. The second kappa shape index (κ2) is 8.03. The van der Waals surface area contributed by atoms with E-state index in [0.717, 1.165) is 25.7 Å². The monoisotopic (exact) mass is 429 g/mol. The van der Waals surface area contributed by atoms with Crippen molar-refractivity contribution in [2.75, 3.05) is 18.9 Å². The van der Waals surface area contributed by atoms with Crippen LogP contribution in [0.15, 0.2) is 10.9 Å². The van der Waals surface area contributed by atoms with Crippen molar-refractivity contribution in [3.05, 3.63) is 27.6 Å². The Morgan fingerprint density at radius 1 is 1.29 bits per heavy atom. The zero-order valence-electron chi connectivity index (χ0n) is 18.4. The number of hydrogen-bond donors (Lipinski definition) is 3. The van der Waals surface area contributed by atoms with E-state index in [1.807, 2.05) is 26.8 Å². The van der Waals surface area contributed by atoms with Crippen LogP contribution in [0.25, 0.3) is 11.7 Å². The van der Waals surface area contributed by atoms with Crippen molar-refractivity contribution in [1.82, 2.24) is 19.5 Å². The molecule has 31 heavy (non-hydrogen) atoms. The predicted molar refractivity (Wildman–Crippen MR) is 118 cm³/mol. The van der Waals surface area contributed by atoms with Crippen LogP contribution in [0, 0.1) is 11.3 Å². The van der Waals surface area contributed by atoms with Gasteiger partial charge in [-0.2, -0.15) is 4.52 Å². The van der Waals surface area contributed by atoms with E-state index in [1.54, 1.807) is 0 Å². The van der Waals surface area contributed by atoms with E-state index in [2.05, 4.69) is 16.5 Å². The zero-order valence-corrected chi connectivity index (χ0v) is 18.4. The number of aromatic hydroxyl groups is 1. The SMILES string of the molecule is CC(C)(C)Cn1c(=O)c(C(=O)NC2CC2)c(O)n2nc(N)c(/C=C/C3CCOCC3)c12. The van der Waals surface area contributed by atoms with Crippen LogP contribution in [0.5, 0.6) is 5.88 Å². The molecule has 1 amide bonds. The van der Waals surface area contributed by atoms with Crippen LogP contribution in [0.4, 0.5) is 5.82 Å². The molecule has 1 saturated carbocycles. The van der Waals surface area contributed by atoms with Crippen LogP contribution in [0.2, 0.25) is 0 Å². The number of amides is 1. The number of nitrogen functional groups attached to an aromatic ring is 1. The number of allylic oxidation sites excluding steroid dienone is 1. The summed E-state index contributed by atoms with van der Waals surface area (Å²) < 4.78 is 8.14. The molecule has 0 atom stereocenters. The van der Waals surface area contributed by atoms with Crippen molar-refractivity contribution in [2.45, 2.75) is 59.0 Å². The van der Waals surface area contributed by atoms with Crippen LogP contribution >= 0.6 is 0 Å². The molecule has 0 radical (unpaired) electrons. The summed E-state index contributed by atoms with van der Waals surface area (Å²) in [5.41, 5.74) is 6.06. The van der Waals surface area contributed by atoms with E-state index in [1.165, 1.54) is 9.08 Å². The topological polar surface area (TPSA) is 124 Å². The number of rotatable bonds is 5. The van der Waals surface area contributed by atoms with Crippen molar-refractivity contribution in [2.24, 2.45) is 11.3 Å². The number of nitrogens with one attached hydrogen (secondary N) is 1. The van der Waals surface area contributed by atoms with E-state index in [4.69, 9.17) is 10.5 Å². The average Bonchev–Trinajstić information content (AvgIpc) is 3.44. The van der Waals surface area contributed by atoms with E-state index in [9.17, 15) is 14.7 Å². The van der Waals surface area contributed by atoms with Crippen LogP contribution in [0.3, 0.4) is 0 Å². The summed E-state index contributed by atoms with van der Waals surface area (Å²) in [4.78, 5) is 26.2. The maximum atomic E-state index is 13.4. The van der Waals surface area contributed by atoms with Crippen molar-refractivity contribution >= 4 is 23.4 Å². The first-order chi connectivity index (χ1) is 14.7. The van der Waals surface area contributed by atoms with E-state index in [-0.39, 0.29) is 22.8 Å². The quantitative estimate of drug-likeness (QED) is 0.669. The van der Waals surface area contributed by atoms with Gasteiger partial charge in [-0.25, -0.2) is 0 Å². The number of fused-ring (bicyclic) bond motifs is 1. The number of ether oxygens (including phenoxy) is 1. The van der Waals surface area contributed by atoms with Gasteiger partial charge in [0.15, 0.2) is 17.0 Å². The Hall–Kier alpha value is -2.81. The molecule has 4 N–H and O–H groups in total. The van der Waals surface area contributed by atoms with Crippen LogP contribution in [-0.4, -0.2) is 44.5 Å². The second-order valence-electron chi connectivity index (χ2n) is 9.74. The zero-order chi connectivity index (χ0) is 22.3. The fraction of sp³-hybridized carbons (Fsp3) is 0.591. The molecule has 2 aromatic heterocycles. The number of hydrogen-bond acceptors (Lipinski definition) is 6. The summed E-state index contributed by atoms with van der Waals surface area (Å²) in [5.74, 6) is -0.521. The van der Waals surface area contributed by atoms with E-state index < -0.39 is 17.3 Å². The van der Waals surface area contributed by atoms with Gasteiger partial charge < -0.3 is 20.9 Å². The summed E-state index contributed by atoms with van der Waals surface area (Å²) in [5, 5.41) is 17.9. The minimum absolute atomic E-state index is 0.0544. The lowest BCUT2D eigenvalue weighted by Crippen LogP contribution is -2.37. The summed E-state index contributed by atoms with van der Waals surface area (Å²) in [6.45, 7) is 7.78. The molecular weight excluding hydrogens is 398 g/mol. The third-order valence-corrected chi connectivity index (χ3v) is 5.64. The number of anilines is 1. The molecule has 9 nitrogen and oxygen atoms in total. The normalized spacial score (nSPS) is 18.2. The highest BCUT2D eigenvalue weighted by molar-refractivity contribution is 5.97. The lowest BCUT2D eigenvalue weighted by atomic mass is 9.96. The first kappa shape index (κ1) is 21.4. The van der Waals surface area contributed by atoms with Gasteiger partial charge in [-0.1, -0.05) is 32.9 Å². The Balaban J connectivity index is 1.87. The molecule has 2 aliphatic rings. The molecular formula is C22H31N5O4. The summed E-state index contributed by atoms with van der Waals surface area (Å²) in [7, 11) is 0. The first-order valence-corrected chi connectivity index (χ1v) is 10.9. The van der Waals surface area contributed by atoms with Crippen LogP contribution in [0.1, 0.15) is 62.4 Å². The first-order valence-electron chi connectivity index (χ1n) is 10.9. The largest absolute Gasteiger partial charge is 0.492 e. The van der Waals surface area contributed by atoms with Crippen molar-refractivity contribution in [1.29, 1.82) is 0 Å². The third-order valence-electron chi connectivity index (χ3n) is 5.64. The molecule has 0 aromatic carbocycles. The Kier molecular flexibility index (Phi) is 5.55. The highest BCUT2D eigenvalue weighted by Gasteiger charge is 2.31. The molecule has 2 aromatic rings. The fourth-order valence-corrected chi connectivity index (χ4v) is 3.88. The smallest absolute Gasteiger partial charge is 0.270 e. The minimum atomic E-state index is -0.581. The van der Waals surface area contributed by atoms with E-state index >= 15 is 0 Å². The van der Waals surface area contributed by atoms with Crippen molar-refractivity contribution in [3.8, 4) is 5.88 Å². The average molecular weight is 430 g/mol. The molecule has 1 saturated heterocycles. The second-order valence-corrected chi connectivity index (χ2v) is 9.74. The summed E-state index contributed by atoms with van der Waals surface area (Å²) in [6.07, 6.45) is 7.52. The van der Waals surface area contributed by atoms with Gasteiger partial charge in [0.1, 0.15) is 0 Å². The molecule has 3 heterocycles. The standard InChI is InChI=1S/C22H31N5O4/c1-22(2,3)12-26-19-15(7-4-13-8-10-31-11-9-13)17(23)25-27(19)21(30)16(20(26)29)18(28)24-14-5-6-14/h4,7,13-14,30H,5-6,8-12H2,1-3H3,(H2,23,25)(H,24,28)/b7-4+. The molecule has 1 aliphatic carbocycles. The van der Waals surface area contributed by atoms with Gasteiger partial charge >= 0.3 is 0 Å². The number of carbonyl (C=O) groups excluding carboxylic acids is 1. The lowest BCUT2D eigenvalue weighted by molar-refractivity contribution is 0.0787. The maximum Gasteiger partial charge on any atom is 0.270 e. The van der Waals surface area contributed by atoms with Crippen LogP contribution < -0.4 is 16.6 Å². The van der Waals surface area contributed by atoms with E-state index in [0.29, 0.717) is 36.9 Å². The van der Waals surface area contributed by atoms with Crippen molar-refractivity contribution < 1.29 is 14.6 Å². The Morgan fingerprint density at radius 2 is 1.97 bits per heavy atom. The van der Waals surface area contributed by atoms with Gasteiger partial charge in [0.2, 0.25) is 5.88 Å². The summed E-state index contributed by atoms with van der Waals surface area (Å²) >= 11 is 0. The highest BCUT2D eigenvalue weighted by atomic mass is 16.5. The van der Waals surface area contributed by atoms with Gasteiger partial charge in [-0.3, -0.25) is 14.2 Å². The molecule has 168 valence electrons. The molecule has 0 unspecified atom stereocenters. The molecule has 1 aliphatic heterocycles. The Bertz CT molecular complexity index is 1080. The third kappa shape index (κ3) is 4.46. The van der Waals surface area contributed by atoms with Gasteiger partial charge in [0, 0.05) is 25.8 Å². The number of nitrogens with zero attached hydrogens (tertiary/aromatic N) is 3. The van der Waals surface area contributed by atoms with Gasteiger partial charge in [-0.15, -0.1) is 5.10 Å². The fourth-order valence-electron chi connectivity index (χ4n) is 3.88. The van der Waals surface area contributed by atoms with Gasteiger partial charge in [-0.05, 0) is 37.0 Å². The molecule has 9 heteroatoms. The Labute approximate surface area is 180 Å². The minimum Gasteiger partial charge on any atom is -0.492 e. The lowest BCUT2D eigenvalue weighted by Gasteiger charge is -2.22. The predicted octanol–water partition coefficient (Wildman–Crippen LogP) is 2.16. The van der Waals surface area contributed by atoms with Crippen LogP contribution in [-0.2, 0) is 11.3 Å². The number of nitrogens with two attached hydrogens (primary N) is 1. The highest BCUT2D eigenvalue weighted by Crippen LogP contribution is 2.29. The molecule has 0 bridgehead atoms. The summed E-state index contributed by atoms with van der Waals surface area (Å²) in [6, 6.07) is 0.0544. The molecule has 2 fully saturated rings. The number of aromatic nitrogens is 3. The Morgan fingerprint density at radius 3 is 2.58 bits per heavy atom. The van der Waals surface area contributed by atoms with Gasteiger partial charge in [0.25, 0.3) is 11.5 Å². The molecule has 0 spiro atoms.